The van der Waals surface area contributed by atoms with E-state index in [1.54, 1.807) is 11.0 Å². The fourth-order valence-electron chi connectivity index (χ4n) is 4.57. The molecule has 0 spiro atoms. The SMILES string of the molecule is CCn1c(=O)oc2cc(S(=O)(=O)N3CCN(C(=O)CCc4c[nH]c5ccccc45)CC3)ccc21. The maximum atomic E-state index is 13.2. The Bertz CT molecular complexity index is 1520. The molecule has 0 aliphatic carbocycles. The molecule has 0 unspecified atom stereocenters. The molecular formula is C24H26N4O5S. The lowest BCUT2D eigenvalue weighted by atomic mass is 10.1. The molecule has 34 heavy (non-hydrogen) atoms. The number of nitrogens with zero attached hydrogens (tertiary/aromatic N) is 3. The number of hydrogen-bond donors (Lipinski definition) is 1. The van der Waals surface area contributed by atoms with Gasteiger partial charge in [-0.1, -0.05) is 18.2 Å². The van der Waals surface area contributed by atoms with Crippen LogP contribution in [0.3, 0.4) is 0 Å². The zero-order valence-corrected chi connectivity index (χ0v) is 19.7. The Labute approximate surface area is 196 Å². The van der Waals surface area contributed by atoms with Crippen molar-refractivity contribution >= 4 is 37.9 Å². The summed E-state index contributed by atoms with van der Waals surface area (Å²) in [7, 11) is -3.77. The van der Waals surface area contributed by atoms with Crippen molar-refractivity contribution in [3.05, 3.63) is 64.8 Å². The van der Waals surface area contributed by atoms with Gasteiger partial charge in [0.2, 0.25) is 15.9 Å². The van der Waals surface area contributed by atoms with E-state index < -0.39 is 15.8 Å². The molecule has 2 aromatic heterocycles. The molecule has 9 nitrogen and oxygen atoms in total. The van der Waals surface area contributed by atoms with Crippen LogP contribution in [-0.2, 0) is 27.8 Å². The normalized spacial score (nSPS) is 15.4. The minimum atomic E-state index is -3.77. The average molecular weight is 483 g/mol. The summed E-state index contributed by atoms with van der Waals surface area (Å²) in [5.74, 6) is -0.488. The minimum absolute atomic E-state index is 0.0198. The van der Waals surface area contributed by atoms with Crippen molar-refractivity contribution in [3.63, 3.8) is 0 Å². The lowest BCUT2D eigenvalue weighted by molar-refractivity contribution is -0.132. The number of amides is 1. The van der Waals surface area contributed by atoms with Gasteiger partial charge in [-0.05, 0) is 37.1 Å². The number of sulfonamides is 1. The summed E-state index contributed by atoms with van der Waals surface area (Å²) in [6, 6.07) is 12.5. The molecule has 1 aliphatic heterocycles. The fourth-order valence-corrected chi connectivity index (χ4v) is 6.01. The number of carbonyl (C=O) groups excluding carboxylic acids is 1. The lowest BCUT2D eigenvalue weighted by Gasteiger charge is -2.34. The lowest BCUT2D eigenvalue weighted by Crippen LogP contribution is -2.50. The van der Waals surface area contributed by atoms with Crippen molar-refractivity contribution in [3.8, 4) is 0 Å². The number of nitrogens with one attached hydrogen (secondary N) is 1. The van der Waals surface area contributed by atoms with E-state index in [-0.39, 0.29) is 29.5 Å². The van der Waals surface area contributed by atoms with Gasteiger partial charge in [0.15, 0.2) is 5.58 Å². The maximum Gasteiger partial charge on any atom is 0.419 e. The van der Waals surface area contributed by atoms with Gasteiger partial charge in [-0.25, -0.2) is 13.2 Å². The van der Waals surface area contributed by atoms with Crippen LogP contribution in [0, 0.1) is 0 Å². The second kappa shape index (κ2) is 8.77. The molecule has 3 heterocycles. The summed E-state index contributed by atoms with van der Waals surface area (Å²) in [6.45, 7) is 3.39. The van der Waals surface area contributed by atoms with Crippen LogP contribution in [0.1, 0.15) is 18.9 Å². The third-order valence-corrected chi connectivity index (χ3v) is 8.36. The predicted molar refractivity (Wildman–Crippen MR) is 128 cm³/mol. The van der Waals surface area contributed by atoms with Crippen LogP contribution in [0.5, 0.6) is 0 Å². The Kier molecular flexibility index (Phi) is 5.78. The molecule has 4 aromatic rings. The Morgan fingerprint density at radius 1 is 1.09 bits per heavy atom. The average Bonchev–Trinajstić information content (AvgIpc) is 3.41. The number of carbonyl (C=O) groups is 1. The molecule has 0 saturated carbocycles. The third-order valence-electron chi connectivity index (χ3n) is 6.47. The van der Waals surface area contributed by atoms with Crippen molar-refractivity contribution in [2.45, 2.75) is 31.2 Å². The minimum Gasteiger partial charge on any atom is -0.408 e. The standard InChI is InChI=1S/C24H26N4O5S/c1-2-28-21-9-8-18(15-22(21)33-24(28)30)34(31,32)27-13-11-26(12-14-27)23(29)10-7-17-16-25-20-6-4-3-5-19(17)20/h3-6,8-9,15-16,25H,2,7,10-14H2,1H3. The largest absolute Gasteiger partial charge is 0.419 e. The quantitative estimate of drug-likeness (QED) is 0.454. The van der Waals surface area contributed by atoms with E-state index in [2.05, 4.69) is 4.98 Å². The van der Waals surface area contributed by atoms with Gasteiger partial charge in [-0.15, -0.1) is 0 Å². The molecule has 0 bridgehead atoms. The van der Waals surface area contributed by atoms with Crippen molar-refractivity contribution in [2.75, 3.05) is 26.2 Å². The van der Waals surface area contributed by atoms with E-state index in [4.69, 9.17) is 4.42 Å². The fraction of sp³-hybridized carbons (Fsp3) is 0.333. The summed E-state index contributed by atoms with van der Waals surface area (Å²) in [5.41, 5.74) is 2.97. The second-order valence-electron chi connectivity index (χ2n) is 8.39. The van der Waals surface area contributed by atoms with Crippen LogP contribution in [0.25, 0.3) is 22.0 Å². The predicted octanol–water partition coefficient (Wildman–Crippen LogP) is 2.56. The van der Waals surface area contributed by atoms with Crippen LogP contribution in [0.2, 0.25) is 0 Å². The van der Waals surface area contributed by atoms with Gasteiger partial charge >= 0.3 is 5.76 Å². The molecular weight excluding hydrogens is 456 g/mol. The van der Waals surface area contributed by atoms with Crippen molar-refractivity contribution in [1.82, 2.24) is 18.8 Å². The first-order chi connectivity index (χ1) is 16.4. The highest BCUT2D eigenvalue weighted by molar-refractivity contribution is 7.89. The highest BCUT2D eigenvalue weighted by Crippen LogP contribution is 2.23. The van der Waals surface area contributed by atoms with E-state index in [9.17, 15) is 18.0 Å². The number of H-pyrrole nitrogens is 1. The van der Waals surface area contributed by atoms with Crippen LogP contribution in [0.4, 0.5) is 0 Å². The highest BCUT2D eigenvalue weighted by Gasteiger charge is 2.30. The Morgan fingerprint density at radius 2 is 1.85 bits per heavy atom. The molecule has 5 rings (SSSR count). The zero-order valence-electron chi connectivity index (χ0n) is 18.9. The van der Waals surface area contributed by atoms with Crippen LogP contribution < -0.4 is 5.76 Å². The number of aromatic nitrogens is 2. The van der Waals surface area contributed by atoms with Crippen molar-refractivity contribution < 1.29 is 17.6 Å². The Morgan fingerprint density at radius 3 is 2.62 bits per heavy atom. The summed E-state index contributed by atoms with van der Waals surface area (Å²) in [6.07, 6.45) is 2.94. The van der Waals surface area contributed by atoms with Gasteiger partial charge in [-0.3, -0.25) is 9.36 Å². The number of aryl methyl sites for hydroxylation is 2. The van der Waals surface area contributed by atoms with E-state index in [0.717, 1.165) is 16.5 Å². The van der Waals surface area contributed by atoms with E-state index in [1.165, 1.54) is 21.0 Å². The van der Waals surface area contributed by atoms with Crippen LogP contribution in [0.15, 0.2) is 62.8 Å². The Hall–Kier alpha value is -3.37. The van der Waals surface area contributed by atoms with E-state index >= 15 is 0 Å². The van der Waals surface area contributed by atoms with Crippen LogP contribution >= 0.6 is 0 Å². The zero-order chi connectivity index (χ0) is 23.9. The molecule has 1 aliphatic rings. The number of hydrogen-bond acceptors (Lipinski definition) is 5. The molecule has 178 valence electrons. The molecule has 10 heteroatoms. The number of oxazole rings is 1. The number of rotatable bonds is 6. The summed E-state index contributed by atoms with van der Waals surface area (Å²) in [5, 5.41) is 1.12. The highest BCUT2D eigenvalue weighted by atomic mass is 32.2. The van der Waals surface area contributed by atoms with Gasteiger partial charge in [0.05, 0.1) is 10.4 Å². The third kappa shape index (κ3) is 3.92. The number of benzene rings is 2. The number of piperazine rings is 1. The van der Waals surface area contributed by atoms with Crippen LogP contribution in [-0.4, -0.2) is 59.3 Å². The summed E-state index contributed by atoms with van der Waals surface area (Å²) in [4.78, 5) is 29.7. The molecule has 1 saturated heterocycles. The monoisotopic (exact) mass is 482 g/mol. The van der Waals surface area contributed by atoms with Gasteiger partial charge < -0.3 is 14.3 Å². The van der Waals surface area contributed by atoms with Gasteiger partial charge in [0.25, 0.3) is 0 Å². The summed E-state index contributed by atoms with van der Waals surface area (Å²) >= 11 is 0. The Balaban J connectivity index is 1.23. The topological polar surface area (TPSA) is 109 Å². The first-order valence-electron chi connectivity index (χ1n) is 11.3. The second-order valence-corrected chi connectivity index (χ2v) is 10.3. The maximum absolute atomic E-state index is 13.2. The van der Waals surface area contributed by atoms with Crippen molar-refractivity contribution in [1.29, 1.82) is 0 Å². The first kappa shape index (κ1) is 22.4. The first-order valence-corrected chi connectivity index (χ1v) is 12.8. The van der Waals surface area contributed by atoms with Gasteiger partial charge in [-0.2, -0.15) is 4.31 Å². The molecule has 1 N–H and O–H groups in total. The van der Waals surface area contributed by atoms with E-state index in [1.807, 2.05) is 37.4 Å². The van der Waals surface area contributed by atoms with Gasteiger partial charge in [0.1, 0.15) is 0 Å². The van der Waals surface area contributed by atoms with Gasteiger partial charge in [0, 0.05) is 62.3 Å². The molecule has 2 aromatic carbocycles. The summed E-state index contributed by atoms with van der Waals surface area (Å²) < 4.78 is 34.4. The number of fused-ring (bicyclic) bond motifs is 2. The molecule has 1 fully saturated rings. The number of aromatic amines is 1. The number of para-hydroxylation sites is 1. The van der Waals surface area contributed by atoms with Crippen molar-refractivity contribution in [2.24, 2.45) is 0 Å². The molecule has 1 amide bonds. The molecule has 0 atom stereocenters. The molecule has 0 radical (unpaired) electrons. The smallest absolute Gasteiger partial charge is 0.408 e. The van der Waals surface area contributed by atoms with E-state index in [0.29, 0.717) is 38.0 Å².